The Hall–Kier alpha value is -2.19. The molecule has 0 aliphatic heterocycles. The fourth-order valence-corrected chi connectivity index (χ4v) is 3.87. The molecule has 1 aromatic carbocycles. The number of carbonyl (C=O) groups excluding carboxylic acids is 1. The van der Waals surface area contributed by atoms with Crippen molar-refractivity contribution in [3.8, 4) is 11.3 Å². The summed E-state index contributed by atoms with van der Waals surface area (Å²) in [6, 6.07) is 8.49. The quantitative estimate of drug-likeness (QED) is 0.558. The maximum Gasteiger partial charge on any atom is 0.236 e. The highest BCUT2D eigenvalue weighted by Gasteiger charge is 2.10. The molecule has 0 saturated carbocycles. The summed E-state index contributed by atoms with van der Waals surface area (Å²) >= 11 is 2.87. The Morgan fingerprint density at radius 2 is 2.07 bits per heavy atom. The average Bonchev–Trinajstić information content (AvgIpc) is 3.29. The predicted molar refractivity (Wildman–Crippen MR) is 110 cm³/mol. The van der Waals surface area contributed by atoms with Crippen LogP contribution in [0, 0.1) is 6.92 Å². The van der Waals surface area contributed by atoms with Gasteiger partial charge in [-0.25, -0.2) is 4.98 Å². The van der Waals surface area contributed by atoms with Crippen molar-refractivity contribution in [2.45, 2.75) is 38.9 Å². The lowest BCUT2D eigenvalue weighted by Gasteiger charge is -2.02. The van der Waals surface area contributed by atoms with Crippen LogP contribution < -0.4 is 5.32 Å². The van der Waals surface area contributed by atoms with E-state index in [0.29, 0.717) is 28.4 Å². The Morgan fingerprint density at radius 1 is 1.26 bits per heavy atom. The Labute approximate surface area is 166 Å². The smallest absolute Gasteiger partial charge is 0.236 e. The van der Waals surface area contributed by atoms with E-state index in [4.69, 9.17) is 4.52 Å². The number of hydrogen-bond donors (Lipinski definition) is 1. The number of carbonyl (C=O) groups is 1. The van der Waals surface area contributed by atoms with E-state index in [1.165, 1.54) is 41.5 Å². The van der Waals surface area contributed by atoms with Crippen molar-refractivity contribution in [3.63, 3.8) is 0 Å². The molecule has 3 rings (SSSR count). The number of aryl methyl sites for hydroxylation is 2. The molecule has 8 heteroatoms. The highest BCUT2D eigenvalue weighted by molar-refractivity contribution is 7.99. The molecule has 0 aliphatic carbocycles. The Balaban J connectivity index is 1.49. The second kappa shape index (κ2) is 9.66. The molecule has 0 saturated heterocycles. The first kappa shape index (κ1) is 19.6. The highest BCUT2D eigenvalue weighted by Crippen LogP contribution is 2.25. The number of thioether (sulfide) groups is 1. The second-order valence-corrected chi connectivity index (χ2v) is 7.95. The van der Waals surface area contributed by atoms with Crippen molar-refractivity contribution in [1.82, 2.24) is 15.1 Å². The number of unbranched alkanes of at least 4 members (excludes halogenated alkanes) is 1. The number of anilines is 1. The van der Waals surface area contributed by atoms with Gasteiger partial charge < -0.3 is 9.84 Å². The summed E-state index contributed by atoms with van der Waals surface area (Å²) in [5.74, 6) is 1.90. The fourth-order valence-electron chi connectivity index (χ4n) is 2.48. The molecule has 2 aromatic heterocycles. The van der Waals surface area contributed by atoms with Crippen LogP contribution in [0.5, 0.6) is 0 Å². The van der Waals surface area contributed by atoms with E-state index < -0.39 is 0 Å². The first-order chi connectivity index (χ1) is 13.1. The average molecular weight is 403 g/mol. The topological polar surface area (TPSA) is 80.9 Å². The van der Waals surface area contributed by atoms with E-state index in [1.54, 1.807) is 6.92 Å². The maximum atomic E-state index is 12.1. The molecule has 0 atom stereocenters. The Morgan fingerprint density at radius 3 is 2.78 bits per heavy atom. The molecule has 1 N–H and O–H groups in total. The molecule has 1 amide bonds. The maximum absolute atomic E-state index is 12.1. The van der Waals surface area contributed by atoms with Crippen LogP contribution in [-0.4, -0.2) is 26.8 Å². The fraction of sp³-hybridized carbons (Fsp3) is 0.368. The summed E-state index contributed by atoms with van der Waals surface area (Å²) in [5, 5.41) is 9.23. The molecule has 142 valence electrons. The summed E-state index contributed by atoms with van der Waals surface area (Å²) in [5.41, 5.74) is 3.29. The lowest BCUT2D eigenvalue weighted by atomic mass is 10.1. The van der Waals surface area contributed by atoms with Gasteiger partial charge in [-0.3, -0.25) is 4.79 Å². The number of nitrogens with zero attached hydrogens (tertiary/aromatic N) is 3. The monoisotopic (exact) mass is 402 g/mol. The van der Waals surface area contributed by atoms with Crippen LogP contribution in [0.25, 0.3) is 11.3 Å². The van der Waals surface area contributed by atoms with Gasteiger partial charge >= 0.3 is 0 Å². The molecule has 0 radical (unpaired) electrons. The summed E-state index contributed by atoms with van der Waals surface area (Å²) in [6.07, 6.45) is 3.51. The van der Waals surface area contributed by atoms with Gasteiger partial charge in [0.25, 0.3) is 0 Å². The number of benzene rings is 1. The van der Waals surface area contributed by atoms with Crippen molar-refractivity contribution in [3.05, 3.63) is 46.9 Å². The lowest BCUT2D eigenvalue weighted by Crippen LogP contribution is -2.14. The molecule has 0 unspecified atom stereocenters. The van der Waals surface area contributed by atoms with Crippen LogP contribution in [0.3, 0.4) is 0 Å². The molecule has 0 fully saturated rings. The standard InChI is InChI=1S/C19H22N4O2S2/c1-3-4-5-14-6-8-15(9-7-14)16-10-27-19(21-16)22-18(24)12-26-11-17-20-13(2)25-23-17/h6-10H,3-5,11-12H2,1-2H3,(H,21,22,24). The van der Waals surface area contributed by atoms with Gasteiger partial charge in [0.1, 0.15) is 0 Å². The SMILES string of the molecule is CCCCc1ccc(-c2csc(NC(=O)CSCc3noc(C)n3)n2)cc1. The van der Waals surface area contributed by atoms with E-state index in [9.17, 15) is 4.79 Å². The minimum absolute atomic E-state index is 0.0870. The largest absolute Gasteiger partial charge is 0.340 e. The second-order valence-electron chi connectivity index (χ2n) is 6.11. The predicted octanol–water partition coefficient (Wildman–Crippen LogP) is 4.72. The van der Waals surface area contributed by atoms with Crippen LogP contribution in [-0.2, 0) is 17.0 Å². The molecule has 6 nitrogen and oxygen atoms in total. The zero-order chi connectivity index (χ0) is 19.1. The van der Waals surface area contributed by atoms with Gasteiger partial charge in [0.05, 0.1) is 17.2 Å². The summed E-state index contributed by atoms with van der Waals surface area (Å²) in [7, 11) is 0. The molecule has 27 heavy (non-hydrogen) atoms. The molecular formula is C19H22N4O2S2. The first-order valence-electron chi connectivity index (χ1n) is 8.85. The summed E-state index contributed by atoms with van der Waals surface area (Å²) in [4.78, 5) is 20.7. The number of thiazole rings is 1. The van der Waals surface area contributed by atoms with Crippen LogP contribution >= 0.6 is 23.1 Å². The summed E-state index contributed by atoms with van der Waals surface area (Å²) < 4.78 is 4.91. The van der Waals surface area contributed by atoms with E-state index in [1.807, 2.05) is 5.38 Å². The molecule has 3 aromatic rings. The molecular weight excluding hydrogens is 380 g/mol. The van der Waals surface area contributed by atoms with E-state index in [2.05, 4.69) is 51.6 Å². The van der Waals surface area contributed by atoms with Gasteiger partial charge in [-0.1, -0.05) is 42.8 Å². The normalized spacial score (nSPS) is 10.9. The van der Waals surface area contributed by atoms with E-state index in [-0.39, 0.29) is 5.91 Å². The third kappa shape index (κ3) is 5.90. The third-order valence-electron chi connectivity index (χ3n) is 3.85. The van der Waals surface area contributed by atoms with Gasteiger partial charge in [-0.05, 0) is 18.4 Å². The molecule has 0 spiro atoms. The molecule has 2 heterocycles. The van der Waals surface area contributed by atoms with Gasteiger partial charge in [0, 0.05) is 17.9 Å². The van der Waals surface area contributed by atoms with Crippen LogP contribution in [0.1, 0.15) is 37.0 Å². The van der Waals surface area contributed by atoms with Gasteiger partial charge in [-0.2, -0.15) is 4.98 Å². The van der Waals surface area contributed by atoms with Crippen molar-refractivity contribution < 1.29 is 9.32 Å². The van der Waals surface area contributed by atoms with Crippen molar-refractivity contribution in [2.75, 3.05) is 11.1 Å². The third-order valence-corrected chi connectivity index (χ3v) is 5.54. The van der Waals surface area contributed by atoms with Crippen LogP contribution in [0.4, 0.5) is 5.13 Å². The van der Waals surface area contributed by atoms with Crippen molar-refractivity contribution >= 4 is 34.1 Å². The lowest BCUT2D eigenvalue weighted by molar-refractivity contribution is -0.113. The Kier molecular flexibility index (Phi) is 7.00. The van der Waals surface area contributed by atoms with Crippen LogP contribution in [0.2, 0.25) is 0 Å². The van der Waals surface area contributed by atoms with Gasteiger partial charge in [0.2, 0.25) is 11.8 Å². The van der Waals surface area contributed by atoms with Gasteiger partial charge in [0.15, 0.2) is 11.0 Å². The van der Waals surface area contributed by atoms with Crippen molar-refractivity contribution in [1.29, 1.82) is 0 Å². The minimum Gasteiger partial charge on any atom is -0.340 e. The number of rotatable bonds is 9. The number of aromatic nitrogens is 3. The minimum atomic E-state index is -0.0870. The van der Waals surface area contributed by atoms with Crippen molar-refractivity contribution in [2.24, 2.45) is 0 Å². The molecule has 0 aliphatic rings. The Bertz CT molecular complexity index is 874. The number of nitrogens with one attached hydrogen (secondary N) is 1. The number of amides is 1. The van der Waals surface area contributed by atoms with Crippen LogP contribution in [0.15, 0.2) is 34.2 Å². The van der Waals surface area contributed by atoms with E-state index >= 15 is 0 Å². The first-order valence-corrected chi connectivity index (χ1v) is 10.9. The highest BCUT2D eigenvalue weighted by atomic mass is 32.2. The number of hydrogen-bond acceptors (Lipinski definition) is 7. The van der Waals surface area contributed by atoms with Gasteiger partial charge in [-0.15, -0.1) is 23.1 Å². The van der Waals surface area contributed by atoms with E-state index in [0.717, 1.165) is 17.7 Å². The zero-order valence-corrected chi connectivity index (χ0v) is 17.0. The molecule has 0 bridgehead atoms. The summed E-state index contributed by atoms with van der Waals surface area (Å²) in [6.45, 7) is 3.94. The zero-order valence-electron chi connectivity index (χ0n) is 15.4.